The average molecular weight is 351 g/mol. The molecule has 0 aromatic carbocycles. The van der Waals surface area contributed by atoms with Crippen LogP contribution < -0.4 is 9.47 Å². The van der Waals surface area contributed by atoms with Gasteiger partial charge in [0, 0.05) is 24.2 Å². The Morgan fingerprint density at radius 3 is 2.71 bits per heavy atom. The van der Waals surface area contributed by atoms with Crippen molar-refractivity contribution in [1.82, 2.24) is 14.9 Å². The number of amides is 1. The van der Waals surface area contributed by atoms with Crippen molar-refractivity contribution in [3.63, 3.8) is 0 Å². The number of likely N-dealkylation sites (tertiary alicyclic amines) is 1. The van der Waals surface area contributed by atoms with E-state index >= 15 is 0 Å². The maximum Gasteiger partial charge on any atom is 0.278 e. The van der Waals surface area contributed by atoms with Crippen LogP contribution in [0.15, 0.2) is 12.4 Å². The molecule has 1 saturated carbocycles. The fourth-order valence-corrected chi connectivity index (χ4v) is 4.52. The zero-order chi connectivity index (χ0) is 16.8. The predicted octanol–water partition coefficient (Wildman–Crippen LogP) is 2.53. The van der Waals surface area contributed by atoms with Gasteiger partial charge in [0.1, 0.15) is 6.10 Å². The topological polar surface area (TPSA) is 64.6 Å². The van der Waals surface area contributed by atoms with E-state index < -0.39 is 0 Å². The maximum absolute atomic E-state index is 12.5. The highest BCUT2D eigenvalue weighted by molar-refractivity contribution is 8.00. The van der Waals surface area contributed by atoms with Gasteiger partial charge in [0.2, 0.25) is 5.91 Å². The molecule has 2 heterocycles. The average Bonchev–Trinajstić information content (AvgIpc) is 3.14. The molecule has 132 valence electrons. The minimum absolute atomic E-state index is 0.0511. The lowest BCUT2D eigenvalue weighted by Gasteiger charge is -2.32. The number of hydrogen-bond donors (Lipinski definition) is 0. The highest BCUT2D eigenvalue weighted by atomic mass is 32.2. The van der Waals surface area contributed by atoms with Crippen molar-refractivity contribution in [3.8, 4) is 11.8 Å². The lowest BCUT2D eigenvalue weighted by molar-refractivity contribution is -0.131. The SMILES string of the molecule is COc1nccnc1OC1CCCN(C(=O)CSC2CCCC2)C1. The Labute approximate surface area is 147 Å². The van der Waals surface area contributed by atoms with Crippen LogP contribution >= 0.6 is 11.8 Å². The van der Waals surface area contributed by atoms with Crippen molar-refractivity contribution in [2.75, 3.05) is 26.0 Å². The van der Waals surface area contributed by atoms with Gasteiger partial charge in [-0.05, 0) is 25.7 Å². The number of hydrogen-bond acceptors (Lipinski definition) is 6. The van der Waals surface area contributed by atoms with Gasteiger partial charge in [0.05, 0.1) is 19.4 Å². The predicted molar refractivity (Wildman–Crippen MR) is 93.5 cm³/mol. The molecule has 6 nitrogen and oxygen atoms in total. The first-order valence-corrected chi connectivity index (χ1v) is 9.72. The Hall–Kier alpha value is -1.50. The molecule has 2 fully saturated rings. The van der Waals surface area contributed by atoms with Gasteiger partial charge >= 0.3 is 0 Å². The van der Waals surface area contributed by atoms with Crippen molar-refractivity contribution in [2.24, 2.45) is 0 Å². The summed E-state index contributed by atoms with van der Waals surface area (Å²) in [6, 6.07) is 0. The number of aromatic nitrogens is 2. The Morgan fingerprint density at radius 2 is 1.96 bits per heavy atom. The van der Waals surface area contributed by atoms with Crippen LogP contribution in [0.5, 0.6) is 11.8 Å². The van der Waals surface area contributed by atoms with E-state index in [1.54, 1.807) is 19.5 Å². The molecule has 0 spiro atoms. The summed E-state index contributed by atoms with van der Waals surface area (Å²) in [5.74, 6) is 1.61. The van der Waals surface area contributed by atoms with Gasteiger partial charge in [0.25, 0.3) is 11.8 Å². The standard InChI is InChI=1S/C17H25N3O3S/c1-22-16-17(19-9-8-18-16)23-13-5-4-10-20(11-13)15(21)12-24-14-6-2-3-7-14/h8-9,13-14H,2-7,10-12H2,1H3. The molecule has 3 rings (SSSR count). The maximum atomic E-state index is 12.5. The number of rotatable bonds is 6. The molecule has 0 radical (unpaired) electrons. The monoisotopic (exact) mass is 351 g/mol. The quantitative estimate of drug-likeness (QED) is 0.785. The summed E-state index contributed by atoms with van der Waals surface area (Å²) < 4.78 is 11.1. The van der Waals surface area contributed by atoms with Crippen molar-refractivity contribution in [1.29, 1.82) is 0 Å². The third-order valence-corrected chi connectivity index (χ3v) is 5.94. The minimum atomic E-state index is -0.0511. The lowest BCUT2D eigenvalue weighted by atomic mass is 10.1. The van der Waals surface area contributed by atoms with Crippen LogP contribution in [0, 0.1) is 0 Å². The zero-order valence-electron chi connectivity index (χ0n) is 14.1. The fraction of sp³-hybridized carbons (Fsp3) is 0.706. The van der Waals surface area contributed by atoms with Gasteiger partial charge in [-0.3, -0.25) is 4.79 Å². The molecule has 24 heavy (non-hydrogen) atoms. The molecule has 0 bridgehead atoms. The first-order valence-electron chi connectivity index (χ1n) is 8.67. The molecule has 1 unspecified atom stereocenters. The molecule has 1 saturated heterocycles. The number of carbonyl (C=O) groups excluding carboxylic acids is 1. The van der Waals surface area contributed by atoms with Gasteiger partial charge in [-0.2, -0.15) is 0 Å². The van der Waals surface area contributed by atoms with E-state index in [1.165, 1.54) is 25.7 Å². The molecule has 1 atom stereocenters. The number of carbonyl (C=O) groups is 1. The number of thioether (sulfide) groups is 1. The molecule has 0 N–H and O–H groups in total. The molecule has 7 heteroatoms. The largest absolute Gasteiger partial charge is 0.477 e. The lowest BCUT2D eigenvalue weighted by Crippen LogP contribution is -2.45. The van der Waals surface area contributed by atoms with E-state index in [1.807, 2.05) is 16.7 Å². The molecular formula is C17H25N3O3S. The molecule has 1 aliphatic carbocycles. The van der Waals surface area contributed by atoms with Gasteiger partial charge in [-0.25, -0.2) is 9.97 Å². The first-order chi connectivity index (χ1) is 11.8. The number of piperidine rings is 1. The molecule has 1 amide bonds. The summed E-state index contributed by atoms with van der Waals surface area (Å²) in [7, 11) is 1.55. The Bertz CT molecular complexity index is 552. The molecule has 2 aliphatic rings. The fourth-order valence-electron chi connectivity index (χ4n) is 3.29. The van der Waals surface area contributed by atoms with E-state index in [0.29, 0.717) is 29.3 Å². The number of ether oxygens (including phenoxy) is 2. The van der Waals surface area contributed by atoms with E-state index in [4.69, 9.17) is 9.47 Å². The number of methoxy groups -OCH3 is 1. The van der Waals surface area contributed by atoms with E-state index in [9.17, 15) is 4.79 Å². The highest BCUT2D eigenvalue weighted by Gasteiger charge is 2.27. The van der Waals surface area contributed by atoms with Gasteiger partial charge in [-0.15, -0.1) is 11.8 Å². The van der Waals surface area contributed by atoms with Crippen LogP contribution in [0.3, 0.4) is 0 Å². The second-order valence-corrected chi connectivity index (χ2v) is 7.60. The molecule has 1 aromatic heterocycles. The van der Waals surface area contributed by atoms with Gasteiger partial charge in [0.15, 0.2) is 0 Å². The second kappa shape index (κ2) is 8.55. The van der Waals surface area contributed by atoms with E-state index in [2.05, 4.69) is 9.97 Å². The zero-order valence-corrected chi connectivity index (χ0v) is 15.0. The van der Waals surface area contributed by atoms with Crippen LogP contribution in [0.25, 0.3) is 0 Å². The van der Waals surface area contributed by atoms with Crippen LogP contribution in [0.2, 0.25) is 0 Å². The van der Waals surface area contributed by atoms with Crippen molar-refractivity contribution in [3.05, 3.63) is 12.4 Å². The third kappa shape index (κ3) is 4.53. The van der Waals surface area contributed by atoms with Crippen LogP contribution in [-0.4, -0.2) is 58.1 Å². The van der Waals surface area contributed by atoms with Crippen molar-refractivity contribution >= 4 is 17.7 Å². The molecule has 1 aromatic rings. The minimum Gasteiger partial charge on any atom is -0.477 e. The van der Waals surface area contributed by atoms with Crippen LogP contribution in [0.1, 0.15) is 38.5 Å². The van der Waals surface area contributed by atoms with E-state index in [0.717, 1.165) is 19.4 Å². The van der Waals surface area contributed by atoms with E-state index in [-0.39, 0.29) is 12.0 Å². The molecule has 1 aliphatic heterocycles. The van der Waals surface area contributed by atoms with Crippen molar-refractivity contribution < 1.29 is 14.3 Å². The summed E-state index contributed by atoms with van der Waals surface area (Å²) in [5.41, 5.74) is 0. The van der Waals surface area contributed by atoms with Crippen molar-refractivity contribution in [2.45, 2.75) is 49.9 Å². The third-order valence-electron chi connectivity index (χ3n) is 4.58. The smallest absolute Gasteiger partial charge is 0.278 e. The normalized spacial score (nSPS) is 21.7. The molecular weight excluding hydrogens is 326 g/mol. The summed E-state index contributed by atoms with van der Waals surface area (Å²) in [4.78, 5) is 22.7. The van der Waals surface area contributed by atoms with Crippen LogP contribution in [-0.2, 0) is 4.79 Å². The van der Waals surface area contributed by atoms with Gasteiger partial charge in [-0.1, -0.05) is 12.8 Å². The Kier molecular flexibility index (Phi) is 6.18. The highest BCUT2D eigenvalue weighted by Crippen LogP contribution is 2.30. The number of nitrogens with zero attached hydrogens (tertiary/aromatic N) is 3. The first kappa shape index (κ1) is 17.3. The Balaban J connectivity index is 1.50. The Morgan fingerprint density at radius 1 is 1.21 bits per heavy atom. The van der Waals surface area contributed by atoms with Gasteiger partial charge < -0.3 is 14.4 Å². The second-order valence-electron chi connectivity index (χ2n) is 6.31. The summed E-state index contributed by atoms with van der Waals surface area (Å²) in [6.45, 7) is 1.44. The summed E-state index contributed by atoms with van der Waals surface area (Å²) in [6.07, 6.45) is 10.1. The van der Waals surface area contributed by atoms with Crippen LogP contribution in [0.4, 0.5) is 0 Å². The summed E-state index contributed by atoms with van der Waals surface area (Å²) >= 11 is 1.82. The summed E-state index contributed by atoms with van der Waals surface area (Å²) in [5, 5.41) is 0.676.